The average molecular weight is 400 g/mol. The summed E-state index contributed by atoms with van der Waals surface area (Å²) >= 11 is 4.73. The van der Waals surface area contributed by atoms with Gasteiger partial charge >= 0.3 is 5.97 Å². The normalized spacial score (nSPS) is 10.7. The van der Waals surface area contributed by atoms with Gasteiger partial charge in [-0.2, -0.15) is 5.10 Å². The number of halogens is 1. The molecule has 0 radical (unpaired) electrons. The van der Waals surface area contributed by atoms with Crippen molar-refractivity contribution in [2.75, 3.05) is 11.9 Å². The summed E-state index contributed by atoms with van der Waals surface area (Å²) < 4.78 is 7.47. The number of amides is 1. The number of carbonyl (C=O) groups is 2. The van der Waals surface area contributed by atoms with Crippen LogP contribution >= 0.6 is 27.3 Å². The molecule has 0 aromatic carbocycles. The van der Waals surface area contributed by atoms with E-state index in [9.17, 15) is 9.59 Å². The minimum atomic E-state index is -0.415. The lowest BCUT2D eigenvalue weighted by atomic mass is 10.1. The number of rotatable bonds is 5. The van der Waals surface area contributed by atoms with Crippen LogP contribution in [-0.2, 0) is 16.1 Å². The van der Waals surface area contributed by atoms with Gasteiger partial charge < -0.3 is 10.1 Å². The first-order valence-electron chi connectivity index (χ1n) is 7.10. The Morgan fingerprint density at radius 3 is 2.65 bits per heavy atom. The average Bonchev–Trinajstić information content (AvgIpc) is 2.90. The first-order chi connectivity index (χ1) is 10.8. The number of aromatic nitrogens is 2. The molecule has 0 saturated carbocycles. The minimum Gasteiger partial charge on any atom is -0.462 e. The number of thiophene rings is 1. The van der Waals surface area contributed by atoms with Crippen molar-refractivity contribution in [3.8, 4) is 0 Å². The van der Waals surface area contributed by atoms with Crippen molar-refractivity contribution in [3.05, 3.63) is 32.4 Å². The molecule has 0 aliphatic rings. The smallest absolute Gasteiger partial charge is 0.341 e. The molecule has 0 atom stereocenters. The number of hydrogen-bond acceptors (Lipinski definition) is 5. The van der Waals surface area contributed by atoms with E-state index < -0.39 is 5.97 Å². The summed E-state index contributed by atoms with van der Waals surface area (Å²) in [5, 5.41) is 7.53. The molecule has 2 rings (SSSR count). The van der Waals surface area contributed by atoms with Crippen LogP contribution in [-0.4, -0.2) is 28.3 Å². The number of nitrogens with zero attached hydrogens (tertiary/aromatic N) is 2. The Morgan fingerprint density at radius 2 is 2.09 bits per heavy atom. The first kappa shape index (κ1) is 17.7. The second-order valence-corrected chi connectivity index (χ2v) is 7.10. The summed E-state index contributed by atoms with van der Waals surface area (Å²) in [5.74, 6) is -0.658. The second-order valence-electron chi connectivity index (χ2n) is 5.02. The van der Waals surface area contributed by atoms with Crippen LogP contribution in [0.25, 0.3) is 0 Å². The van der Waals surface area contributed by atoms with Crippen molar-refractivity contribution in [2.45, 2.75) is 34.2 Å². The summed E-state index contributed by atoms with van der Waals surface area (Å²) in [6.45, 7) is 7.73. The zero-order valence-electron chi connectivity index (χ0n) is 13.4. The molecular weight excluding hydrogens is 382 g/mol. The van der Waals surface area contributed by atoms with Gasteiger partial charge in [0.2, 0.25) is 5.91 Å². The predicted molar refractivity (Wildman–Crippen MR) is 93.0 cm³/mol. The largest absolute Gasteiger partial charge is 0.462 e. The number of ether oxygens (including phenoxy) is 1. The molecule has 2 aromatic rings. The summed E-state index contributed by atoms with van der Waals surface area (Å²) in [5.41, 5.74) is 2.08. The molecule has 2 heterocycles. The van der Waals surface area contributed by atoms with Crippen LogP contribution < -0.4 is 5.32 Å². The van der Waals surface area contributed by atoms with Crippen molar-refractivity contribution in [1.82, 2.24) is 9.78 Å². The SMILES string of the molecule is CCOC(=O)c1c(NC(=O)Cn2cc(Br)c(C)n2)sc(C)c1C. The van der Waals surface area contributed by atoms with Crippen LogP contribution in [0.1, 0.15) is 33.4 Å². The highest BCUT2D eigenvalue weighted by Crippen LogP contribution is 2.33. The summed E-state index contributed by atoms with van der Waals surface area (Å²) in [4.78, 5) is 25.3. The lowest BCUT2D eigenvalue weighted by Gasteiger charge is -2.07. The molecule has 0 fully saturated rings. The molecule has 0 unspecified atom stereocenters. The van der Waals surface area contributed by atoms with Gasteiger partial charge in [0.15, 0.2) is 0 Å². The third-order valence-electron chi connectivity index (χ3n) is 3.31. The van der Waals surface area contributed by atoms with E-state index in [0.717, 1.165) is 20.6 Å². The van der Waals surface area contributed by atoms with Gasteiger partial charge in [0, 0.05) is 11.1 Å². The fraction of sp³-hybridized carbons (Fsp3) is 0.400. The van der Waals surface area contributed by atoms with Crippen molar-refractivity contribution in [3.63, 3.8) is 0 Å². The number of carbonyl (C=O) groups excluding carboxylic acids is 2. The Hall–Kier alpha value is -1.67. The molecule has 23 heavy (non-hydrogen) atoms. The van der Waals surface area contributed by atoms with Crippen LogP contribution in [0.4, 0.5) is 5.00 Å². The Kier molecular flexibility index (Phi) is 5.59. The lowest BCUT2D eigenvalue weighted by molar-refractivity contribution is -0.116. The Balaban J connectivity index is 2.17. The quantitative estimate of drug-likeness (QED) is 0.781. The second kappa shape index (κ2) is 7.27. The van der Waals surface area contributed by atoms with Crippen molar-refractivity contribution < 1.29 is 14.3 Å². The maximum atomic E-state index is 12.2. The van der Waals surface area contributed by atoms with E-state index in [2.05, 4.69) is 26.3 Å². The molecule has 0 bridgehead atoms. The van der Waals surface area contributed by atoms with Crippen LogP contribution in [0.3, 0.4) is 0 Å². The zero-order valence-corrected chi connectivity index (χ0v) is 15.8. The predicted octanol–water partition coefficient (Wildman–Crippen LogP) is 3.45. The van der Waals surface area contributed by atoms with Crippen LogP contribution in [0.2, 0.25) is 0 Å². The number of esters is 1. The van der Waals surface area contributed by atoms with Gasteiger partial charge in [0.05, 0.1) is 22.3 Å². The highest BCUT2D eigenvalue weighted by molar-refractivity contribution is 9.10. The first-order valence-corrected chi connectivity index (χ1v) is 8.71. The molecule has 0 aliphatic heterocycles. The van der Waals surface area contributed by atoms with E-state index in [1.165, 1.54) is 11.3 Å². The molecule has 1 amide bonds. The van der Waals surface area contributed by atoms with E-state index in [-0.39, 0.29) is 12.5 Å². The van der Waals surface area contributed by atoms with E-state index in [4.69, 9.17) is 4.74 Å². The highest BCUT2D eigenvalue weighted by atomic mass is 79.9. The van der Waals surface area contributed by atoms with Crippen molar-refractivity contribution >= 4 is 44.1 Å². The maximum Gasteiger partial charge on any atom is 0.341 e. The zero-order chi connectivity index (χ0) is 17.1. The Bertz CT molecular complexity index is 732. The number of hydrogen-bond donors (Lipinski definition) is 1. The number of aryl methyl sites for hydroxylation is 2. The third-order valence-corrected chi connectivity index (χ3v) is 5.21. The molecule has 124 valence electrons. The molecule has 0 saturated heterocycles. The Labute approximate surface area is 147 Å². The summed E-state index contributed by atoms with van der Waals surface area (Å²) in [6, 6.07) is 0. The summed E-state index contributed by atoms with van der Waals surface area (Å²) in [6.07, 6.45) is 1.74. The van der Waals surface area contributed by atoms with Gasteiger partial charge in [-0.25, -0.2) is 4.79 Å². The lowest BCUT2D eigenvalue weighted by Crippen LogP contribution is -2.20. The third kappa shape index (κ3) is 4.00. The Morgan fingerprint density at radius 1 is 1.39 bits per heavy atom. The van der Waals surface area contributed by atoms with Gasteiger partial charge in [-0.15, -0.1) is 11.3 Å². The van der Waals surface area contributed by atoms with Crippen LogP contribution in [0, 0.1) is 20.8 Å². The molecule has 6 nitrogen and oxygen atoms in total. The minimum absolute atomic E-state index is 0.0741. The van der Waals surface area contributed by atoms with E-state index >= 15 is 0 Å². The number of anilines is 1. The molecule has 0 aliphatic carbocycles. The fourth-order valence-corrected chi connectivity index (χ4v) is 3.43. The molecular formula is C15H18BrN3O3S. The van der Waals surface area contributed by atoms with Gasteiger partial charge in [-0.3, -0.25) is 9.48 Å². The molecule has 0 spiro atoms. The van der Waals surface area contributed by atoms with Gasteiger partial charge in [-0.1, -0.05) is 0 Å². The van der Waals surface area contributed by atoms with Crippen LogP contribution in [0.5, 0.6) is 0 Å². The summed E-state index contributed by atoms with van der Waals surface area (Å²) in [7, 11) is 0. The molecule has 2 aromatic heterocycles. The highest BCUT2D eigenvalue weighted by Gasteiger charge is 2.22. The van der Waals surface area contributed by atoms with Crippen LogP contribution in [0.15, 0.2) is 10.7 Å². The van der Waals surface area contributed by atoms with Gasteiger partial charge in [-0.05, 0) is 49.2 Å². The fourth-order valence-electron chi connectivity index (χ4n) is 2.05. The monoisotopic (exact) mass is 399 g/mol. The molecule has 8 heteroatoms. The molecule has 1 N–H and O–H groups in total. The standard InChI is InChI=1S/C15H18BrN3O3S/c1-5-22-15(21)13-8(2)10(4)23-14(13)17-12(20)7-19-6-11(16)9(3)18-19/h6H,5,7H2,1-4H3,(H,17,20). The number of nitrogens with one attached hydrogen (secondary N) is 1. The topological polar surface area (TPSA) is 73.2 Å². The van der Waals surface area contributed by atoms with E-state index in [1.54, 1.807) is 17.8 Å². The van der Waals surface area contributed by atoms with Crippen molar-refractivity contribution in [2.24, 2.45) is 0 Å². The maximum absolute atomic E-state index is 12.2. The van der Waals surface area contributed by atoms with Crippen molar-refractivity contribution in [1.29, 1.82) is 0 Å². The van der Waals surface area contributed by atoms with Gasteiger partial charge in [0.1, 0.15) is 11.5 Å². The van der Waals surface area contributed by atoms with Gasteiger partial charge in [0.25, 0.3) is 0 Å². The van der Waals surface area contributed by atoms with E-state index in [0.29, 0.717) is 17.2 Å². The van der Waals surface area contributed by atoms with E-state index in [1.807, 2.05) is 20.8 Å².